The summed E-state index contributed by atoms with van der Waals surface area (Å²) in [6.45, 7) is 8.03. The lowest BCUT2D eigenvalue weighted by Gasteiger charge is -2.16. The van der Waals surface area contributed by atoms with Crippen LogP contribution in [0.4, 0.5) is 5.69 Å². The van der Waals surface area contributed by atoms with Gasteiger partial charge in [0, 0.05) is 23.5 Å². The maximum atomic E-state index is 12.3. The summed E-state index contributed by atoms with van der Waals surface area (Å²) in [5, 5.41) is 5.50. The first-order valence-electron chi connectivity index (χ1n) is 8.39. The molecule has 1 N–H and O–H groups in total. The summed E-state index contributed by atoms with van der Waals surface area (Å²) < 4.78 is 5.17. The number of anilines is 1. The number of nitrogens with one attached hydrogen (secondary N) is 1. The molecule has 0 bridgehead atoms. The zero-order valence-electron chi connectivity index (χ0n) is 15.3. The lowest BCUT2D eigenvalue weighted by atomic mass is 10.0. The van der Waals surface area contributed by atoms with E-state index in [9.17, 15) is 4.79 Å². The smallest absolute Gasteiger partial charge is 0.359 e. The van der Waals surface area contributed by atoms with Crippen LogP contribution in [0.2, 0.25) is 0 Å². The molecular formula is C19H27N3O2. The molecule has 0 aliphatic carbocycles. The number of carbonyl (C=O) groups is 1. The Labute approximate surface area is 144 Å². The summed E-state index contributed by atoms with van der Waals surface area (Å²) in [6, 6.07) is 4.23. The predicted molar refractivity (Wildman–Crippen MR) is 98.8 cm³/mol. The van der Waals surface area contributed by atoms with Crippen molar-refractivity contribution in [1.82, 2.24) is 9.88 Å². The van der Waals surface area contributed by atoms with Crippen molar-refractivity contribution in [2.45, 2.75) is 27.2 Å². The largest absolute Gasteiger partial charge is 0.461 e. The van der Waals surface area contributed by atoms with Crippen molar-refractivity contribution < 1.29 is 9.53 Å². The topological polar surface area (TPSA) is 54.5 Å². The Hall–Kier alpha value is -2.14. The molecule has 1 heterocycles. The second kappa shape index (κ2) is 8.11. The lowest BCUT2D eigenvalue weighted by molar-refractivity contribution is 0.0521. The van der Waals surface area contributed by atoms with Gasteiger partial charge in [-0.3, -0.25) is 0 Å². The highest BCUT2D eigenvalue weighted by Crippen LogP contribution is 2.29. The van der Waals surface area contributed by atoms with Crippen molar-refractivity contribution in [3.05, 3.63) is 35.2 Å². The van der Waals surface area contributed by atoms with Crippen LogP contribution in [0.15, 0.2) is 18.3 Å². The van der Waals surface area contributed by atoms with Crippen LogP contribution in [-0.2, 0) is 4.74 Å². The van der Waals surface area contributed by atoms with Gasteiger partial charge in [0.05, 0.1) is 12.3 Å². The first-order chi connectivity index (χ1) is 11.4. The number of aryl methyl sites for hydroxylation is 2. The summed E-state index contributed by atoms with van der Waals surface area (Å²) in [4.78, 5) is 18.8. The number of carbonyl (C=O) groups excluding carboxylic acids is 1. The number of fused-ring (bicyclic) bond motifs is 1. The monoisotopic (exact) mass is 329 g/mol. The molecular weight excluding hydrogens is 302 g/mol. The molecule has 5 nitrogen and oxygen atoms in total. The average Bonchev–Trinajstić information content (AvgIpc) is 2.51. The average molecular weight is 329 g/mol. The fourth-order valence-corrected chi connectivity index (χ4v) is 2.82. The summed E-state index contributed by atoms with van der Waals surface area (Å²) in [5.41, 5.74) is 3.46. The Morgan fingerprint density at radius 3 is 2.67 bits per heavy atom. The summed E-state index contributed by atoms with van der Waals surface area (Å²) >= 11 is 0. The van der Waals surface area contributed by atoms with Crippen LogP contribution < -0.4 is 5.32 Å². The van der Waals surface area contributed by atoms with Crippen molar-refractivity contribution in [2.75, 3.05) is 39.1 Å². The maximum Gasteiger partial charge on any atom is 0.359 e. The SMILES string of the molecule is CCOC(=O)c1ncc2c(C)cc(C)cc2c1NCCCN(C)C. The molecule has 0 spiro atoms. The van der Waals surface area contributed by atoms with Crippen LogP contribution in [-0.4, -0.2) is 49.6 Å². The Bertz CT molecular complexity index is 726. The molecule has 2 aromatic rings. The number of pyridine rings is 1. The fraction of sp³-hybridized carbons (Fsp3) is 0.474. The van der Waals surface area contributed by atoms with E-state index in [0.717, 1.165) is 47.1 Å². The van der Waals surface area contributed by atoms with E-state index in [4.69, 9.17) is 4.74 Å². The zero-order chi connectivity index (χ0) is 17.7. The van der Waals surface area contributed by atoms with E-state index in [-0.39, 0.29) is 5.97 Å². The van der Waals surface area contributed by atoms with Gasteiger partial charge in [0.25, 0.3) is 0 Å². The van der Waals surface area contributed by atoms with Gasteiger partial charge < -0.3 is 15.0 Å². The Kier molecular flexibility index (Phi) is 6.15. The summed E-state index contributed by atoms with van der Waals surface area (Å²) in [7, 11) is 4.10. The molecule has 0 fully saturated rings. The van der Waals surface area contributed by atoms with Gasteiger partial charge in [-0.1, -0.05) is 11.6 Å². The molecule has 0 radical (unpaired) electrons. The van der Waals surface area contributed by atoms with E-state index in [1.54, 1.807) is 13.1 Å². The number of ether oxygens (including phenoxy) is 1. The first kappa shape index (κ1) is 18.2. The molecule has 130 valence electrons. The van der Waals surface area contributed by atoms with Gasteiger partial charge in [-0.05, 0) is 59.5 Å². The predicted octanol–water partition coefficient (Wildman–Crippen LogP) is 3.39. The molecule has 0 aliphatic rings. The summed E-state index contributed by atoms with van der Waals surface area (Å²) in [6.07, 6.45) is 2.75. The van der Waals surface area contributed by atoms with Crippen molar-refractivity contribution in [2.24, 2.45) is 0 Å². The van der Waals surface area contributed by atoms with Gasteiger partial charge in [-0.15, -0.1) is 0 Å². The minimum atomic E-state index is -0.381. The number of nitrogens with zero attached hydrogens (tertiary/aromatic N) is 2. The molecule has 2 rings (SSSR count). The van der Waals surface area contributed by atoms with Gasteiger partial charge in [0.15, 0.2) is 5.69 Å². The van der Waals surface area contributed by atoms with E-state index in [1.165, 1.54) is 0 Å². The van der Waals surface area contributed by atoms with Gasteiger partial charge in [-0.2, -0.15) is 0 Å². The summed E-state index contributed by atoms with van der Waals surface area (Å²) in [5.74, 6) is -0.381. The van der Waals surface area contributed by atoms with Gasteiger partial charge in [0.1, 0.15) is 0 Å². The third-order valence-corrected chi connectivity index (χ3v) is 3.91. The zero-order valence-corrected chi connectivity index (χ0v) is 15.3. The number of rotatable bonds is 7. The molecule has 1 aromatic carbocycles. The van der Waals surface area contributed by atoms with E-state index in [0.29, 0.717) is 12.3 Å². The van der Waals surface area contributed by atoms with Crippen LogP contribution >= 0.6 is 0 Å². The molecule has 0 aliphatic heterocycles. The highest BCUT2D eigenvalue weighted by Gasteiger charge is 2.18. The van der Waals surface area contributed by atoms with Gasteiger partial charge in [-0.25, -0.2) is 9.78 Å². The molecule has 0 saturated heterocycles. The molecule has 0 unspecified atom stereocenters. The molecule has 0 amide bonds. The van der Waals surface area contributed by atoms with Crippen LogP contribution in [0.25, 0.3) is 10.8 Å². The van der Waals surface area contributed by atoms with Crippen molar-refractivity contribution in [3.63, 3.8) is 0 Å². The fourth-order valence-electron chi connectivity index (χ4n) is 2.82. The number of hydrogen-bond donors (Lipinski definition) is 1. The number of aromatic nitrogens is 1. The maximum absolute atomic E-state index is 12.3. The van der Waals surface area contributed by atoms with E-state index >= 15 is 0 Å². The molecule has 0 saturated carbocycles. The van der Waals surface area contributed by atoms with E-state index in [2.05, 4.69) is 55.3 Å². The van der Waals surface area contributed by atoms with E-state index in [1.807, 2.05) is 0 Å². The third-order valence-electron chi connectivity index (χ3n) is 3.91. The van der Waals surface area contributed by atoms with Crippen LogP contribution in [0, 0.1) is 13.8 Å². The Morgan fingerprint density at radius 1 is 1.25 bits per heavy atom. The van der Waals surface area contributed by atoms with Crippen molar-refractivity contribution in [3.8, 4) is 0 Å². The minimum absolute atomic E-state index is 0.339. The number of hydrogen-bond acceptors (Lipinski definition) is 5. The molecule has 5 heteroatoms. The van der Waals surface area contributed by atoms with Crippen LogP contribution in [0.5, 0.6) is 0 Å². The quantitative estimate of drug-likeness (QED) is 0.623. The second-order valence-corrected chi connectivity index (χ2v) is 6.33. The molecule has 24 heavy (non-hydrogen) atoms. The third kappa shape index (κ3) is 4.23. The molecule has 0 atom stereocenters. The highest BCUT2D eigenvalue weighted by molar-refractivity contribution is 6.05. The number of esters is 1. The van der Waals surface area contributed by atoms with Crippen LogP contribution in [0.1, 0.15) is 35.0 Å². The lowest BCUT2D eigenvalue weighted by Crippen LogP contribution is -2.18. The van der Waals surface area contributed by atoms with Gasteiger partial charge >= 0.3 is 5.97 Å². The standard InChI is InChI=1S/C19H27N3O2/c1-6-24-19(23)18-17(20-8-7-9-22(4)5)15-11-13(2)10-14(3)16(15)12-21-18/h10-12,20H,6-9H2,1-5H3. The highest BCUT2D eigenvalue weighted by atomic mass is 16.5. The van der Waals surface area contributed by atoms with Gasteiger partial charge in [0.2, 0.25) is 0 Å². The van der Waals surface area contributed by atoms with Crippen LogP contribution in [0.3, 0.4) is 0 Å². The van der Waals surface area contributed by atoms with Crippen molar-refractivity contribution in [1.29, 1.82) is 0 Å². The Morgan fingerprint density at radius 2 is 2.00 bits per heavy atom. The minimum Gasteiger partial charge on any atom is -0.461 e. The Balaban J connectivity index is 2.43. The first-order valence-corrected chi connectivity index (χ1v) is 8.39. The number of benzene rings is 1. The second-order valence-electron chi connectivity index (χ2n) is 6.33. The molecule has 1 aromatic heterocycles. The van der Waals surface area contributed by atoms with Crippen molar-refractivity contribution >= 4 is 22.4 Å². The normalized spacial score (nSPS) is 11.1. The van der Waals surface area contributed by atoms with E-state index < -0.39 is 0 Å².